The van der Waals surface area contributed by atoms with E-state index in [2.05, 4.69) is 27.4 Å². The van der Waals surface area contributed by atoms with E-state index in [1.807, 2.05) is 48.5 Å². The van der Waals surface area contributed by atoms with Crippen LogP contribution in [0.25, 0.3) is 0 Å². The summed E-state index contributed by atoms with van der Waals surface area (Å²) in [6.45, 7) is 5.80. The molecule has 1 aliphatic rings. The van der Waals surface area contributed by atoms with Gasteiger partial charge in [0.05, 0.1) is 6.54 Å². The molecule has 28 heavy (non-hydrogen) atoms. The third-order valence-electron chi connectivity index (χ3n) is 4.80. The molecule has 2 aromatic rings. The van der Waals surface area contributed by atoms with E-state index in [4.69, 9.17) is 11.6 Å². The molecule has 7 heteroatoms. The van der Waals surface area contributed by atoms with Gasteiger partial charge in [-0.25, -0.2) is 4.79 Å². The molecular weight excluding hydrogens is 376 g/mol. The number of halogens is 1. The maximum Gasteiger partial charge on any atom is 0.321 e. The third kappa shape index (κ3) is 5.71. The Kier molecular flexibility index (Phi) is 6.90. The molecule has 0 aromatic heterocycles. The monoisotopic (exact) mass is 400 g/mol. The number of hydrogen-bond donors (Lipinski definition) is 2. The topological polar surface area (TPSA) is 64.7 Å². The van der Waals surface area contributed by atoms with Gasteiger partial charge in [-0.2, -0.15) is 0 Å². The maximum atomic E-state index is 12.1. The van der Waals surface area contributed by atoms with Gasteiger partial charge in [-0.1, -0.05) is 48.0 Å². The van der Waals surface area contributed by atoms with Crippen molar-refractivity contribution in [2.75, 3.05) is 37.6 Å². The Labute approximate surface area is 170 Å². The van der Waals surface area contributed by atoms with Crippen molar-refractivity contribution in [3.05, 3.63) is 64.7 Å². The standard InChI is InChI=1S/C21H25ClN4O2/c1-16-7-8-18(22)13-19(16)26-11-9-25(10-12-26)15-20(27)24-21(28)23-14-17-5-3-2-4-6-17/h2-8,13H,9-12,14-15H2,1H3,(H2,23,24,27,28). The fourth-order valence-electron chi connectivity index (χ4n) is 3.26. The van der Waals surface area contributed by atoms with E-state index in [-0.39, 0.29) is 12.5 Å². The Morgan fingerprint density at radius 3 is 2.46 bits per heavy atom. The van der Waals surface area contributed by atoms with E-state index >= 15 is 0 Å². The van der Waals surface area contributed by atoms with E-state index in [9.17, 15) is 9.59 Å². The first-order valence-corrected chi connectivity index (χ1v) is 9.74. The number of aryl methyl sites for hydroxylation is 1. The summed E-state index contributed by atoms with van der Waals surface area (Å²) in [5.74, 6) is -0.294. The lowest BCUT2D eigenvalue weighted by atomic mass is 10.1. The molecule has 1 heterocycles. The number of anilines is 1. The molecule has 0 saturated carbocycles. The van der Waals surface area contributed by atoms with E-state index in [1.165, 1.54) is 5.56 Å². The number of benzene rings is 2. The van der Waals surface area contributed by atoms with Crippen molar-refractivity contribution in [2.45, 2.75) is 13.5 Å². The van der Waals surface area contributed by atoms with Crippen molar-refractivity contribution in [2.24, 2.45) is 0 Å². The van der Waals surface area contributed by atoms with Crippen LogP contribution in [0.1, 0.15) is 11.1 Å². The highest BCUT2D eigenvalue weighted by Crippen LogP contribution is 2.25. The zero-order valence-electron chi connectivity index (χ0n) is 16.0. The summed E-state index contributed by atoms with van der Waals surface area (Å²) < 4.78 is 0. The number of hydrogen-bond acceptors (Lipinski definition) is 4. The molecular formula is C21H25ClN4O2. The Bertz CT molecular complexity index is 820. The zero-order valence-corrected chi connectivity index (χ0v) is 16.7. The van der Waals surface area contributed by atoms with Crippen LogP contribution in [0.15, 0.2) is 48.5 Å². The first-order chi connectivity index (χ1) is 13.5. The van der Waals surface area contributed by atoms with Crippen LogP contribution in [-0.4, -0.2) is 49.6 Å². The van der Waals surface area contributed by atoms with Gasteiger partial charge in [-0.05, 0) is 30.2 Å². The van der Waals surface area contributed by atoms with Gasteiger partial charge >= 0.3 is 6.03 Å². The summed E-state index contributed by atoms with van der Waals surface area (Å²) >= 11 is 6.12. The molecule has 1 aliphatic heterocycles. The van der Waals surface area contributed by atoms with Crippen LogP contribution < -0.4 is 15.5 Å². The second-order valence-electron chi connectivity index (χ2n) is 6.91. The summed E-state index contributed by atoms with van der Waals surface area (Å²) in [5.41, 5.74) is 3.31. The minimum atomic E-state index is -0.470. The summed E-state index contributed by atoms with van der Waals surface area (Å²) in [6.07, 6.45) is 0. The van der Waals surface area contributed by atoms with Crippen molar-refractivity contribution in [1.29, 1.82) is 0 Å². The molecule has 3 amide bonds. The number of rotatable bonds is 5. The first-order valence-electron chi connectivity index (χ1n) is 9.36. The molecule has 0 spiro atoms. The summed E-state index contributed by atoms with van der Waals surface area (Å²) in [6, 6.07) is 15.0. The lowest BCUT2D eigenvalue weighted by molar-refractivity contribution is -0.121. The molecule has 0 radical (unpaired) electrons. The number of nitrogens with one attached hydrogen (secondary N) is 2. The smallest absolute Gasteiger partial charge is 0.321 e. The van der Waals surface area contributed by atoms with Crippen LogP contribution in [0.4, 0.5) is 10.5 Å². The molecule has 0 aliphatic carbocycles. The number of piperazine rings is 1. The second kappa shape index (κ2) is 9.57. The van der Waals surface area contributed by atoms with Crippen LogP contribution >= 0.6 is 11.6 Å². The van der Waals surface area contributed by atoms with Crippen molar-refractivity contribution >= 4 is 29.2 Å². The zero-order chi connectivity index (χ0) is 19.9. The molecule has 2 N–H and O–H groups in total. The minimum Gasteiger partial charge on any atom is -0.369 e. The van der Waals surface area contributed by atoms with Gasteiger partial charge in [0.2, 0.25) is 5.91 Å². The number of amides is 3. The van der Waals surface area contributed by atoms with Gasteiger partial charge in [0.25, 0.3) is 0 Å². The molecule has 2 aromatic carbocycles. The van der Waals surface area contributed by atoms with Gasteiger partial charge in [0.15, 0.2) is 0 Å². The molecule has 0 atom stereocenters. The number of imide groups is 1. The number of urea groups is 1. The predicted molar refractivity (Wildman–Crippen MR) is 112 cm³/mol. The highest BCUT2D eigenvalue weighted by atomic mass is 35.5. The molecule has 1 fully saturated rings. The Morgan fingerprint density at radius 1 is 1.04 bits per heavy atom. The highest BCUT2D eigenvalue weighted by molar-refractivity contribution is 6.30. The Balaban J connectivity index is 1.41. The van der Waals surface area contributed by atoms with Gasteiger partial charge in [-0.3, -0.25) is 15.0 Å². The normalized spacial score (nSPS) is 14.6. The molecule has 3 rings (SSSR count). The molecule has 6 nitrogen and oxygen atoms in total. The van der Waals surface area contributed by atoms with Gasteiger partial charge in [-0.15, -0.1) is 0 Å². The van der Waals surface area contributed by atoms with Gasteiger partial charge in [0, 0.05) is 43.4 Å². The van der Waals surface area contributed by atoms with E-state index < -0.39 is 6.03 Å². The molecule has 0 bridgehead atoms. The summed E-state index contributed by atoms with van der Waals surface area (Å²) in [5, 5.41) is 5.82. The molecule has 0 unspecified atom stereocenters. The Morgan fingerprint density at radius 2 is 1.75 bits per heavy atom. The number of nitrogens with zero attached hydrogens (tertiary/aromatic N) is 2. The van der Waals surface area contributed by atoms with Crippen molar-refractivity contribution in [1.82, 2.24) is 15.5 Å². The summed E-state index contributed by atoms with van der Waals surface area (Å²) in [4.78, 5) is 28.4. The van der Waals surface area contributed by atoms with Crippen molar-refractivity contribution in [3.8, 4) is 0 Å². The van der Waals surface area contributed by atoms with Crippen LogP contribution in [0.2, 0.25) is 5.02 Å². The average Bonchev–Trinajstić information content (AvgIpc) is 2.69. The third-order valence-corrected chi connectivity index (χ3v) is 5.04. The van der Waals surface area contributed by atoms with Crippen LogP contribution in [0.5, 0.6) is 0 Å². The summed E-state index contributed by atoms with van der Waals surface area (Å²) in [7, 11) is 0. The predicted octanol–water partition coefficient (Wildman–Crippen LogP) is 2.80. The highest BCUT2D eigenvalue weighted by Gasteiger charge is 2.21. The van der Waals surface area contributed by atoms with Gasteiger partial charge < -0.3 is 10.2 Å². The Hall–Kier alpha value is -2.57. The average molecular weight is 401 g/mol. The van der Waals surface area contributed by atoms with Crippen molar-refractivity contribution < 1.29 is 9.59 Å². The molecule has 1 saturated heterocycles. The number of carbonyl (C=O) groups is 2. The van der Waals surface area contributed by atoms with Crippen LogP contribution in [0.3, 0.4) is 0 Å². The van der Waals surface area contributed by atoms with E-state index in [0.29, 0.717) is 6.54 Å². The largest absolute Gasteiger partial charge is 0.369 e. The number of carbonyl (C=O) groups excluding carboxylic acids is 2. The van der Waals surface area contributed by atoms with E-state index in [0.717, 1.165) is 42.5 Å². The fraction of sp³-hybridized carbons (Fsp3) is 0.333. The maximum absolute atomic E-state index is 12.1. The SMILES string of the molecule is Cc1ccc(Cl)cc1N1CCN(CC(=O)NC(=O)NCc2ccccc2)CC1. The second-order valence-corrected chi connectivity index (χ2v) is 7.35. The van der Waals surface area contributed by atoms with Crippen LogP contribution in [0, 0.1) is 6.92 Å². The quantitative estimate of drug-likeness (QED) is 0.810. The lowest BCUT2D eigenvalue weighted by Gasteiger charge is -2.36. The van der Waals surface area contributed by atoms with E-state index in [1.54, 1.807) is 0 Å². The van der Waals surface area contributed by atoms with Gasteiger partial charge in [0.1, 0.15) is 0 Å². The lowest BCUT2D eigenvalue weighted by Crippen LogP contribution is -2.51. The van der Waals surface area contributed by atoms with Crippen LogP contribution in [-0.2, 0) is 11.3 Å². The fourth-order valence-corrected chi connectivity index (χ4v) is 3.43. The molecule has 148 valence electrons. The van der Waals surface area contributed by atoms with Crippen molar-refractivity contribution in [3.63, 3.8) is 0 Å². The first kappa shape index (κ1) is 20.2. The minimum absolute atomic E-state index is 0.209.